The van der Waals surface area contributed by atoms with Crippen LogP contribution in [0.25, 0.3) is 6.08 Å². The first-order valence-electron chi connectivity index (χ1n) is 10.2. The lowest BCUT2D eigenvalue weighted by atomic mass is 9.96. The zero-order valence-electron chi connectivity index (χ0n) is 18.3. The summed E-state index contributed by atoms with van der Waals surface area (Å²) in [4.78, 5) is 41.9. The number of phenolic OH excluding ortho intramolecular Hbond substituents is 1. The van der Waals surface area contributed by atoms with E-state index in [4.69, 9.17) is 16.3 Å². The van der Waals surface area contributed by atoms with Crippen LogP contribution in [-0.4, -0.2) is 27.2 Å². The van der Waals surface area contributed by atoms with Crippen molar-refractivity contribution in [3.8, 4) is 5.75 Å². The third-order valence-corrected chi connectivity index (χ3v) is 7.12. The molecule has 35 heavy (non-hydrogen) atoms. The summed E-state index contributed by atoms with van der Waals surface area (Å²) in [6.45, 7) is 3.49. The molecule has 1 N–H and O–H groups in total. The molecule has 0 fully saturated rings. The molecule has 0 aliphatic carbocycles. The summed E-state index contributed by atoms with van der Waals surface area (Å²) >= 11 is 10.2. The van der Waals surface area contributed by atoms with E-state index < -0.39 is 22.5 Å². The van der Waals surface area contributed by atoms with Gasteiger partial charge >= 0.3 is 5.97 Å². The van der Waals surface area contributed by atoms with E-state index in [-0.39, 0.29) is 38.2 Å². The third kappa shape index (κ3) is 4.66. The molecular weight excluding hydrogens is 562 g/mol. The van der Waals surface area contributed by atoms with Crippen LogP contribution < -0.4 is 14.9 Å². The highest BCUT2D eigenvalue weighted by Crippen LogP contribution is 2.34. The molecule has 180 valence electrons. The molecule has 2 heterocycles. The zero-order valence-corrected chi connectivity index (χ0v) is 21.5. The second kappa shape index (κ2) is 9.76. The van der Waals surface area contributed by atoms with Crippen molar-refractivity contribution in [2.24, 2.45) is 4.99 Å². The number of aromatic nitrogens is 1. The van der Waals surface area contributed by atoms with Gasteiger partial charge in [0.1, 0.15) is 5.75 Å². The highest BCUT2D eigenvalue weighted by atomic mass is 79.9. The Hall–Kier alpha value is -3.28. The molecule has 0 spiro atoms. The molecule has 1 aliphatic rings. The smallest absolute Gasteiger partial charge is 0.338 e. The second-order valence-electron chi connectivity index (χ2n) is 7.48. The quantitative estimate of drug-likeness (QED) is 0.279. The summed E-state index contributed by atoms with van der Waals surface area (Å²) in [7, 11) is 0. The topological polar surface area (TPSA) is 124 Å². The fourth-order valence-corrected chi connectivity index (χ4v) is 5.34. The maximum absolute atomic E-state index is 13.6. The van der Waals surface area contributed by atoms with Crippen molar-refractivity contribution in [1.29, 1.82) is 0 Å². The van der Waals surface area contributed by atoms with E-state index in [1.807, 2.05) is 0 Å². The molecule has 3 aromatic rings. The number of phenols is 1. The minimum Gasteiger partial charge on any atom is -0.506 e. The van der Waals surface area contributed by atoms with Gasteiger partial charge in [-0.25, -0.2) is 9.79 Å². The lowest BCUT2D eigenvalue weighted by molar-refractivity contribution is -0.385. The minimum atomic E-state index is -0.824. The van der Waals surface area contributed by atoms with Crippen LogP contribution in [0.3, 0.4) is 0 Å². The fourth-order valence-electron chi connectivity index (χ4n) is 3.71. The molecule has 0 amide bonds. The Labute approximate surface area is 215 Å². The predicted molar refractivity (Wildman–Crippen MR) is 134 cm³/mol. The van der Waals surface area contributed by atoms with Gasteiger partial charge < -0.3 is 9.84 Å². The van der Waals surface area contributed by atoms with Gasteiger partial charge in [0.15, 0.2) is 4.80 Å². The first kappa shape index (κ1) is 24.8. The minimum absolute atomic E-state index is 0.0840. The number of nitro groups is 1. The number of non-ortho nitro benzene ring substituents is 1. The number of fused-ring (bicyclic) bond motifs is 1. The van der Waals surface area contributed by atoms with Crippen molar-refractivity contribution in [2.45, 2.75) is 19.9 Å². The van der Waals surface area contributed by atoms with Crippen molar-refractivity contribution in [1.82, 2.24) is 4.57 Å². The van der Waals surface area contributed by atoms with Crippen molar-refractivity contribution in [3.05, 3.63) is 98.1 Å². The molecule has 0 saturated carbocycles. The van der Waals surface area contributed by atoms with Crippen LogP contribution in [0.15, 0.2) is 61.9 Å². The van der Waals surface area contributed by atoms with Crippen molar-refractivity contribution in [3.63, 3.8) is 0 Å². The Balaban J connectivity index is 1.98. The Bertz CT molecular complexity index is 1580. The molecule has 0 unspecified atom stereocenters. The summed E-state index contributed by atoms with van der Waals surface area (Å²) in [6.07, 6.45) is 1.36. The average molecular weight is 579 g/mol. The van der Waals surface area contributed by atoms with Gasteiger partial charge in [0.05, 0.1) is 37.8 Å². The van der Waals surface area contributed by atoms with Gasteiger partial charge in [0.25, 0.3) is 11.2 Å². The van der Waals surface area contributed by atoms with E-state index in [1.54, 1.807) is 38.1 Å². The standard InChI is InChI=1S/C23H17BrClN3O6S/c1-3-34-22(31)18-11(2)26-23-27(19(18)12-4-6-14(25)7-5-12)21(30)17(35-23)9-13-8-15(28(32)33)10-16(24)20(13)29/h4-10,19,29H,3H2,1-2H3/b17-9-/t19-/m0/s1. The number of hydrogen-bond donors (Lipinski definition) is 1. The van der Waals surface area contributed by atoms with Crippen LogP contribution >= 0.6 is 38.9 Å². The number of nitro benzene ring substituents is 1. The van der Waals surface area contributed by atoms with Gasteiger partial charge in [-0.1, -0.05) is 35.1 Å². The Morgan fingerprint density at radius 2 is 2.06 bits per heavy atom. The Morgan fingerprint density at radius 3 is 2.69 bits per heavy atom. The van der Waals surface area contributed by atoms with Crippen LogP contribution in [-0.2, 0) is 9.53 Å². The second-order valence-corrected chi connectivity index (χ2v) is 9.78. The first-order chi connectivity index (χ1) is 16.6. The number of benzene rings is 2. The van der Waals surface area contributed by atoms with Gasteiger partial charge in [-0.3, -0.25) is 19.5 Å². The average Bonchev–Trinajstić information content (AvgIpc) is 3.10. The number of carbonyl (C=O) groups excluding carboxylic acids is 1. The van der Waals surface area contributed by atoms with E-state index in [9.17, 15) is 24.8 Å². The lowest BCUT2D eigenvalue weighted by Gasteiger charge is -2.24. The Morgan fingerprint density at radius 1 is 1.37 bits per heavy atom. The fraction of sp³-hybridized carbons (Fsp3) is 0.174. The monoisotopic (exact) mass is 577 g/mol. The molecule has 0 radical (unpaired) electrons. The highest BCUT2D eigenvalue weighted by molar-refractivity contribution is 9.10. The van der Waals surface area contributed by atoms with Crippen molar-refractivity contribution >= 4 is 56.6 Å². The van der Waals surface area contributed by atoms with Crippen LogP contribution in [0, 0.1) is 10.1 Å². The number of halogens is 2. The molecule has 4 rings (SSSR count). The molecule has 2 aromatic carbocycles. The summed E-state index contributed by atoms with van der Waals surface area (Å²) in [6, 6.07) is 8.26. The molecule has 0 bridgehead atoms. The van der Waals surface area contributed by atoms with E-state index >= 15 is 0 Å². The maximum atomic E-state index is 13.6. The summed E-state index contributed by atoms with van der Waals surface area (Å²) in [5.74, 6) is -0.845. The van der Waals surface area contributed by atoms with Crippen LogP contribution in [0.1, 0.15) is 31.0 Å². The molecule has 0 saturated heterocycles. The van der Waals surface area contributed by atoms with Crippen LogP contribution in [0.4, 0.5) is 5.69 Å². The van der Waals surface area contributed by atoms with Crippen LogP contribution in [0.5, 0.6) is 5.75 Å². The SMILES string of the molecule is CCOC(=O)C1=C(C)N=c2s/c(=C\c3cc([N+](=O)[O-])cc(Br)c3O)c(=O)n2[C@H]1c1ccc(Cl)cc1. The van der Waals surface area contributed by atoms with Gasteiger partial charge in [0, 0.05) is 22.7 Å². The van der Waals surface area contributed by atoms with Crippen molar-refractivity contribution in [2.75, 3.05) is 6.61 Å². The lowest BCUT2D eigenvalue weighted by Crippen LogP contribution is -2.39. The molecule has 1 aromatic heterocycles. The number of aromatic hydroxyl groups is 1. The molecular formula is C23H17BrClN3O6S. The van der Waals surface area contributed by atoms with E-state index in [2.05, 4.69) is 20.9 Å². The van der Waals surface area contributed by atoms with Gasteiger partial charge in [-0.15, -0.1) is 0 Å². The maximum Gasteiger partial charge on any atom is 0.338 e. The molecule has 1 aliphatic heterocycles. The van der Waals surface area contributed by atoms with E-state index in [0.29, 0.717) is 21.1 Å². The number of rotatable bonds is 5. The third-order valence-electron chi connectivity index (χ3n) is 5.28. The van der Waals surface area contributed by atoms with Crippen LogP contribution in [0.2, 0.25) is 5.02 Å². The van der Waals surface area contributed by atoms with E-state index in [1.165, 1.54) is 22.8 Å². The largest absolute Gasteiger partial charge is 0.506 e. The zero-order chi connectivity index (χ0) is 25.4. The van der Waals surface area contributed by atoms with E-state index in [0.717, 1.165) is 11.3 Å². The number of carbonyl (C=O) groups is 1. The Kier molecular flexibility index (Phi) is 6.93. The van der Waals surface area contributed by atoms with Crippen molar-refractivity contribution < 1.29 is 19.6 Å². The van der Waals surface area contributed by atoms with Gasteiger partial charge in [0.2, 0.25) is 0 Å². The number of esters is 1. The molecule has 1 atom stereocenters. The normalized spacial score (nSPS) is 15.5. The summed E-state index contributed by atoms with van der Waals surface area (Å²) in [5, 5.41) is 22.2. The number of ether oxygens (including phenoxy) is 1. The summed E-state index contributed by atoms with van der Waals surface area (Å²) < 4.78 is 6.91. The number of thiazole rings is 1. The number of nitrogens with zero attached hydrogens (tertiary/aromatic N) is 3. The predicted octanol–water partition coefficient (Wildman–Crippen LogP) is 3.83. The van der Waals surface area contributed by atoms with Gasteiger partial charge in [-0.2, -0.15) is 0 Å². The number of hydrogen-bond acceptors (Lipinski definition) is 8. The molecule has 12 heteroatoms. The molecule has 9 nitrogen and oxygen atoms in total. The number of allylic oxidation sites excluding steroid dienone is 1. The highest BCUT2D eigenvalue weighted by Gasteiger charge is 2.33. The first-order valence-corrected chi connectivity index (χ1v) is 12.2. The summed E-state index contributed by atoms with van der Waals surface area (Å²) in [5.41, 5.74) is 0.588. The van der Waals surface area contributed by atoms with Gasteiger partial charge in [-0.05, 0) is 53.5 Å².